The van der Waals surface area contributed by atoms with Gasteiger partial charge in [-0.1, -0.05) is 24.3 Å². The molecule has 0 aliphatic rings. The van der Waals surface area contributed by atoms with Crippen molar-refractivity contribution in [2.24, 2.45) is 0 Å². The van der Waals surface area contributed by atoms with E-state index < -0.39 is 0 Å². The zero-order valence-corrected chi connectivity index (χ0v) is 13.2. The van der Waals surface area contributed by atoms with Gasteiger partial charge in [0.1, 0.15) is 5.75 Å². The van der Waals surface area contributed by atoms with E-state index in [-0.39, 0.29) is 0 Å². The third kappa shape index (κ3) is 2.75. The zero-order chi connectivity index (χ0) is 15.5. The van der Waals surface area contributed by atoms with Gasteiger partial charge in [-0.25, -0.2) is 4.98 Å². The molecule has 3 rings (SSSR count). The van der Waals surface area contributed by atoms with Gasteiger partial charge in [0.15, 0.2) is 5.69 Å². The molecular formula is C19H21N2O+. The van der Waals surface area contributed by atoms with Crippen LogP contribution in [0.5, 0.6) is 5.75 Å². The third-order valence-electron chi connectivity index (χ3n) is 3.70. The molecule has 1 heterocycles. The van der Waals surface area contributed by atoms with Crippen LogP contribution in [0.15, 0.2) is 48.5 Å². The van der Waals surface area contributed by atoms with Gasteiger partial charge in [-0.15, -0.1) is 0 Å². The van der Waals surface area contributed by atoms with Crippen molar-refractivity contribution < 1.29 is 9.72 Å². The van der Waals surface area contributed by atoms with Crippen molar-refractivity contribution in [3.05, 3.63) is 59.8 Å². The van der Waals surface area contributed by atoms with Crippen molar-refractivity contribution in [2.45, 2.75) is 20.8 Å². The lowest BCUT2D eigenvalue weighted by Crippen LogP contribution is -2.11. The highest BCUT2D eigenvalue weighted by atomic mass is 16.5. The predicted octanol–water partition coefficient (Wildman–Crippen LogP) is 4.41. The molecule has 0 saturated heterocycles. The van der Waals surface area contributed by atoms with E-state index in [1.807, 2.05) is 31.2 Å². The minimum atomic E-state index is 0.653. The average molecular weight is 293 g/mol. The van der Waals surface area contributed by atoms with E-state index in [9.17, 15) is 0 Å². The van der Waals surface area contributed by atoms with Crippen molar-refractivity contribution in [3.63, 3.8) is 0 Å². The number of hydrogen-bond acceptors (Lipinski definition) is 2. The summed E-state index contributed by atoms with van der Waals surface area (Å²) in [5.74, 6) is 0.872. The van der Waals surface area contributed by atoms with Crippen molar-refractivity contribution in [1.29, 1.82) is 0 Å². The maximum absolute atomic E-state index is 5.70. The van der Waals surface area contributed by atoms with Crippen LogP contribution in [0, 0.1) is 13.8 Å². The lowest BCUT2D eigenvalue weighted by Gasteiger charge is -2.13. The molecule has 0 fully saturated rings. The van der Waals surface area contributed by atoms with Crippen LogP contribution in [0.4, 0.5) is 11.4 Å². The second-order valence-corrected chi connectivity index (χ2v) is 5.42. The fraction of sp³-hybridized carbons (Fsp3) is 0.211. The van der Waals surface area contributed by atoms with E-state index in [0.29, 0.717) is 6.61 Å². The predicted molar refractivity (Wildman–Crippen MR) is 90.9 cm³/mol. The quantitative estimate of drug-likeness (QED) is 0.773. The Labute approximate surface area is 131 Å². The Morgan fingerprint density at radius 2 is 1.82 bits per heavy atom. The van der Waals surface area contributed by atoms with Crippen LogP contribution in [0.3, 0.4) is 0 Å². The highest BCUT2D eigenvalue weighted by Gasteiger charge is 2.12. The Kier molecular flexibility index (Phi) is 3.96. The van der Waals surface area contributed by atoms with E-state index in [4.69, 9.17) is 4.74 Å². The molecule has 22 heavy (non-hydrogen) atoms. The van der Waals surface area contributed by atoms with E-state index >= 15 is 0 Å². The number of fused-ring (bicyclic) bond motifs is 1. The molecule has 3 nitrogen and oxygen atoms in total. The van der Waals surface area contributed by atoms with Gasteiger partial charge in [-0.05, 0) is 32.0 Å². The van der Waals surface area contributed by atoms with Gasteiger partial charge in [0.25, 0.3) is 0 Å². The number of aryl methyl sites for hydroxylation is 2. The first-order valence-corrected chi connectivity index (χ1v) is 7.60. The monoisotopic (exact) mass is 293 g/mol. The fourth-order valence-corrected chi connectivity index (χ4v) is 2.69. The number of H-pyrrole nitrogens is 1. The van der Waals surface area contributed by atoms with Crippen molar-refractivity contribution >= 4 is 22.3 Å². The Balaban J connectivity index is 2.10. The summed E-state index contributed by atoms with van der Waals surface area (Å²) in [6.45, 7) is 6.85. The topological polar surface area (TPSA) is 35.4 Å². The summed E-state index contributed by atoms with van der Waals surface area (Å²) in [5.41, 5.74) is 5.60. The molecule has 3 heteroatoms. The largest absolute Gasteiger partial charge is 0.492 e. The summed E-state index contributed by atoms with van der Waals surface area (Å²) in [6.07, 6.45) is 0. The van der Waals surface area contributed by atoms with Crippen molar-refractivity contribution in [1.82, 2.24) is 0 Å². The van der Waals surface area contributed by atoms with Gasteiger partial charge in [0, 0.05) is 18.6 Å². The Hall–Kier alpha value is -2.55. The average Bonchev–Trinajstić information content (AvgIpc) is 2.50. The summed E-state index contributed by atoms with van der Waals surface area (Å²) in [4.78, 5) is 3.45. The molecule has 2 N–H and O–H groups in total. The van der Waals surface area contributed by atoms with Crippen LogP contribution in [-0.2, 0) is 0 Å². The standard InChI is InChI=1S/C19H20N2O/c1-4-22-18-11-6-5-10-16(18)21-17-12-14(3)20-19-13(2)8-7-9-15(17)19/h5-12H,4H2,1-3H3,(H,20,21)/p+1. The first-order chi connectivity index (χ1) is 10.7. The van der Waals surface area contributed by atoms with Crippen LogP contribution in [0.2, 0.25) is 0 Å². The van der Waals surface area contributed by atoms with E-state index in [1.165, 1.54) is 16.5 Å². The Morgan fingerprint density at radius 1 is 1.00 bits per heavy atom. The number of benzene rings is 2. The Morgan fingerprint density at radius 3 is 2.64 bits per heavy atom. The first-order valence-electron chi connectivity index (χ1n) is 7.60. The van der Waals surface area contributed by atoms with Crippen LogP contribution >= 0.6 is 0 Å². The molecule has 2 aromatic carbocycles. The SMILES string of the molecule is CCOc1ccccc1Nc1cc(C)[nH+]c2c(C)cccc12. The molecule has 3 aromatic rings. The van der Waals surface area contributed by atoms with Gasteiger partial charge in [-0.3, -0.25) is 0 Å². The maximum Gasteiger partial charge on any atom is 0.216 e. The molecule has 0 amide bonds. The number of para-hydroxylation sites is 3. The molecule has 0 radical (unpaired) electrons. The molecule has 0 aliphatic heterocycles. The lowest BCUT2D eigenvalue weighted by molar-refractivity contribution is -0.354. The summed E-state index contributed by atoms with van der Waals surface area (Å²) >= 11 is 0. The molecule has 0 aliphatic carbocycles. The summed E-state index contributed by atoms with van der Waals surface area (Å²) in [5, 5.41) is 4.70. The molecule has 0 atom stereocenters. The van der Waals surface area contributed by atoms with Gasteiger partial charge in [-0.2, -0.15) is 0 Å². The fourth-order valence-electron chi connectivity index (χ4n) is 2.69. The normalized spacial score (nSPS) is 10.7. The molecule has 0 saturated carbocycles. The van der Waals surface area contributed by atoms with Crippen molar-refractivity contribution in [2.75, 3.05) is 11.9 Å². The number of nitrogens with one attached hydrogen (secondary N) is 2. The van der Waals surface area contributed by atoms with Gasteiger partial charge in [0.05, 0.1) is 23.4 Å². The first kappa shape index (κ1) is 14.4. The van der Waals surface area contributed by atoms with Crippen LogP contribution in [0.25, 0.3) is 10.9 Å². The number of pyridine rings is 1. The Bertz CT molecular complexity index is 812. The van der Waals surface area contributed by atoms with Gasteiger partial charge < -0.3 is 10.1 Å². The lowest BCUT2D eigenvalue weighted by atomic mass is 10.1. The second kappa shape index (κ2) is 6.06. The molecule has 0 spiro atoms. The smallest absolute Gasteiger partial charge is 0.216 e. The summed E-state index contributed by atoms with van der Waals surface area (Å²) < 4.78 is 5.70. The highest BCUT2D eigenvalue weighted by Crippen LogP contribution is 2.31. The number of aromatic nitrogens is 1. The maximum atomic E-state index is 5.70. The van der Waals surface area contributed by atoms with Gasteiger partial charge in [0.2, 0.25) is 5.52 Å². The minimum Gasteiger partial charge on any atom is -0.492 e. The van der Waals surface area contributed by atoms with Crippen LogP contribution in [0.1, 0.15) is 18.2 Å². The number of hydrogen-bond donors (Lipinski definition) is 1. The zero-order valence-electron chi connectivity index (χ0n) is 13.2. The number of ether oxygens (including phenoxy) is 1. The molecule has 0 unspecified atom stereocenters. The summed E-state index contributed by atoms with van der Waals surface area (Å²) in [7, 11) is 0. The van der Waals surface area contributed by atoms with E-state index in [1.54, 1.807) is 0 Å². The molecule has 0 bridgehead atoms. The molecular weight excluding hydrogens is 272 g/mol. The summed E-state index contributed by atoms with van der Waals surface area (Å²) in [6, 6.07) is 16.5. The van der Waals surface area contributed by atoms with Crippen molar-refractivity contribution in [3.8, 4) is 5.75 Å². The van der Waals surface area contributed by atoms with E-state index in [2.05, 4.69) is 48.4 Å². The van der Waals surface area contributed by atoms with Gasteiger partial charge >= 0.3 is 0 Å². The number of rotatable bonds is 4. The number of aromatic amines is 1. The second-order valence-electron chi connectivity index (χ2n) is 5.42. The van der Waals surface area contributed by atoms with E-state index in [0.717, 1.165) is 22.8 Å². The molecule has 112 valence electrons. The highest BCUT2D eigenvalue weighted by molar-refractivity contribution is 5.93. The minimum absolute atomic E-state index is 0.653. The number of anilines is 2. The molecule has 1 aromatic heterocycles. The van der Waals surface area contributed by atoms with Crippen LogP contribution in [-0.4, -0.2) is 6.61 Å². The third-order valence-corrected chi connectivity index (χ3v) is 3.70. The van der Waals surface area contributed by atoms with Crippen LogP contribution < -0.4 is 15.0 Å².